The number of aromatic nitrogens is 3. The van der Waals surface area contributed by atoms with Crippen LogP contribution in [0, 0.1) is 10.1 Å². The quantitative estimate of drug-likeness (QED) is 0.643. The molecule has 1 aromatic heterocycles. The van der Waals surface area contributed by atoms with Gasteiger partial charge in [0.05, 0.1) is 9.95 Å². The molecule has 0 fully saturated rings. The number of sulfonamides is 1. The second-order valence-electron chi connectivity index (χ2n) is 3.31. The second-order valence-corrected chi connectivity index (χ2v) is 5.37. The van der Waals surface area contributed by atoms with Crippen LogP contribution in [0.2, 0.25) is 5.02 Å². The zero-order valence-electron chi connectivity index (χ0n) is 9.07. The molecule has 9 nitrogen and oxygen atoms in total. The zero-order chi connectivity index (χ0) is 14.0. The normalized spacial score (nSPS) is 11.2. The van der Waals surface area contributed by atoms with Crippen LogP contribution in [0.1, 0.15) is 0 Å². The Kier molecular flexibility index (Phi) is 3.36. The summed E-state index contributed by atoms with van der Waals surface area (Å²) in [6, 6.07) is 3.10. The highest BCUT2D eigenvalue weighted by Crippen LogP contribution is 2.27. The van der Waals surface area contributed by atoms with Crippen LogP contribution in [-0.4, -0.2) is 28.5 Å². The van der Waals surface area contributed by atoms with Crippen LogP contribution in [0.25, 0.3) is 0 Å². The molecule has 2 N–H and O–H groups in total. The number of nitro benzene ring substituents is 1. The van der Waals surface area contributed by atoms with E-state index in [1.54, 1.807) is 0 Å². The van der Waals surface area contributed by atoms with E-state index in [4.69, 9.17) is 11.6 Å². The molecule has 0 aliphatic rings. The number of H-pyrrole nitrogens is 1. The molecule has 1 aromatic carbocycles. The molecule has 2 aromatic rings. The second kappa shape index (κ2) is 4.82. The van der Waals surface area contributed by atoms with E-state index in [0.29, 0.717) is 0 Å². The number of aromatic amines is 1. The Morgan fingerprint density at radius 2 is 2.16 bits per heavy atom. The molecule has 0 radical (unpaired) electrons. The molecular formula is C8H6ClN5O4S. The topological polar surface area (TPSA) is 131 Å². The zero-order valence-corrected chi connectivity index (χ0v) is 10.6. The predicted molar refractivity (Wildman–Crippen MR) is 65.3 cm³/mol. The van der Waals surface area contributed by atoms with Gasteiger partial charge in [0.15, 0.2) is 0 Å². The molecule has 0 bridgehead atoms. The molecular weight excluding hydrogens is 298 g/mol. The molecule has 0 amide bonds. The van der Waals surface area contributed by atoms with Crippen LogP contribution in [-0.2, 0) is 10.0 Å². The minimum absolute atomic E-state index is 0.123. The van der Waals surface area contributed by atoms with Crippen molar-refractivity contribution >= 4 is 33.3 Å². The Hall–Kier alpha value is -2.20. The SMILES string of the molecule is O=[N+]([O-])c1ccc(Cl)c(S(=O)(=O)Nc2ncn[nH]2)c1. The molecule has 0 unspecified atom stereocenters. The number of hydrogen-bond acceptors (Lipinski definition) is 6. The molecule has 2 rings (SSSR count). The maximum Gasteiger partial charge on any atom is 0.270 e. The van der Waals surface area contributed by atoms with Gasteiger partial charge in [0.1, 0.15) is 11.2 Å². The summed E-state index contributed by atoms with van der Waals surface area (Å²) in [5.74, 6) is -0.123. The summed E-state index contributed by atoms with van der Waals surface area (Å²) in [4.78, 5) is 13.1. The standard InChI is InChI=1S/C8H6ClN5O4S/c9-6-2-1-5(14(15)16)3-7(6)19(17,18)13-8-10-4-11-12-8/h1-4H,(H2,10,11,12,13). The van der Waals surface area contributed by atoms with Crippen molar-refractivity contribution in [3.8, 4) is 0 Å². The van der Waals surface area contributed by atoms with Gasteiger partial charge in [-0.15, -0.1) is 0 Å². The van der Waals surface area contributed by atoms with E-state index in [1.807, 2.05) is 0 Å². The molecule has 0 spiro atoms. The van der Waals surface area contributed by atoms with Gasteiger partial charge in [-0.1, -0.05) is 11.6 Å². The molecule has 0 saturated carbocycles. The summed E-state index contributed by atoms with van der Waals surface area (Å²) in [7, 11) is -4.09. The Labute approximate surface area is 111 Å². The molecule has 0 atom stereocenters. The lowest BCUT2D eigenvalue weighted by Gasteiger charge is -2.06. The van der Waals surface area contributed by atoms with Gasteiger partial charge < -0.3 is 0 Å². The van der Waals surface area contributed by atoms with Crippen molar-refractivity contribution < 1.29 is 13.3 Å². The van der Waals surface area contributed by atoms with Crippen molar-refractivity contribution in [2.45, 2.75) is 4.90 Å². The summed E-state index contributed by atoms with van der Waals surface area (Å²) in [5, 5.41) is 16.2. The monoisotopic (exact) mass is 303 g/mol. The molecule has 1 heterocycles. The van der Waals surface area contributed by atoms with Gasteiger partial charge in [0.2, 0.25) is 5.95 Å². The van der Waals surface area contributed by atoms with E-state index < -0.39 is 19.8 Å². The Bertz CT molecular complexity index is 715. The largest absolute Gasteiger partial charge is 0.270 e. The number of halogens is 1. The number of benzene rings is 1. The van der Waals surface area contributed by atoms with Gasteiger partial charge in [0, 0.05) is 12.1 Å². The van der Waals surface area contributed by atoms with Gasteiger partial charge in [0.25, 0.3) is 15.7 Å². The summed E-state index contributed by atoms with van der Waals surface area (Å²) in [6.07, 6.45) is 1.10. The van der Waals surface area contributed by atoms with E-state index in [9.17, 15) is 18.5 Å². The van der Waals surface area contributed by atoms with Crippen LogP contribution < -0.4 is 4.72 Å². The first-order chi connectivity index (χ1) is 8.90. The number of nitrogens with one attached hydrogen (secondary N) is 2. The first-order valence-electron chi connectivity index (χ1n) is 4.72. The van der Waals surface area contributed by atoms with E-state index in [2.05, 4.69) is 19.9 Å². The summed E-state index contributed by atoms with van der Waals surface area (Å²) in [6.45, 7) is 0. The fourth-order valence-electron chi connectivity index (χ4n) is 1.25. The van der Waals surface area contributed by atoms with Gasteiger partial charge in [-0.3, -0.25) is 10.1 Å². The van der Waals surface area contributed by atoms with Crippen LogP contribution in [0.15, 0.2) is 29.4 Å². The maximum atomic E-state index is 12.0. The molecule has 0 aliphatic heterocycles. The Balaban J connectivity index is 2.45. The third-order valence-corrected chi connectivity index (χ3v) is 3.88. The number of non-ortho nitro benzene ring substituents is 1. The summed E-state index contributed by atoms with van der Waals surface area (Å²) in [5.41, 5.74) is -0.387. The lowest BCUT2D eigenvalue weighted by molar-refractivity contribution is -0.385. The highest BCUT2D eigenvalue weighted by atomic mass is 35.5. The van der Waals surface area contributed by atoms with Gasteiger partial charge in [-0.25, -0.2) is 18.2 Å². The smallest absolute Gasteiger partial charge is 0.258 e. The van der Waals surface area contributed by atoms with Crippen molar-refractivity contribution in [1.82, 2.24) is 15.2 Å². The van der Waals surface area contributed by atoms with Crippen molar-refractivity contribution in [3.05, 3.63) is 39.7 Å². The predicted octanol–water partition coefficient (Wildman–Crippen LogP) is 1.17. The highest BCUT2D eigenvalue weighted by molar-refractivity contribution is 7.92. The third kappa shape index (κ3) is 2.80. The van der Waals surface area contributed by atoms with Gasteiger partial charge in [-0.2, -0.15) is 10.1 Å². The van der Waals surface area contributed by atoms with Crippen LogP contribution in [0.3, 0.4) is 0 Å². The van der Waals surface area contributed by atoms with Crippen LogP contribution >= 0.6 is 11.6 Å². The number of nitro groups is 1. The fraction of sp³-hybridized carbons (Fsp3) is 0. The van der Waals surface area contributed by atoms with E-state index in [-0.39, 0.29) is 16.7 Å². The minimum Gasteiger partial charge on any atom is -0.258 e. The third-order valence-electron chi connectivity index (χ3n) is 2.06. The first-order valence-corrected chi connectivity index (χ1v) is 6.58. The molecule has 11 heteroatoms. The van der Waals surface area contributed by atoms with E-state index in [0.717, 1.165) is 24.5 Å². The number of hydrogen-bond donors (Lipinski definition) is 2. The van der Waals surface area contributed by atoms with Gasteiger partial charge in [-0.05, 0) is 6.07 Å². The van der Waals surface area contributed by atoms with E-state index in [1.165, 1.54) is 0 Å². The van der Waals surface area contributed by atoms with Crippen LogP contribution in [0.5, 0.6) is 0 Å². The highest BCUT2D eigenvalue weighted by Gasteiger charge is 2.22. The molecule has 0 saturated heterocycles. The number of nitrogens with zero attached hydrogens (tertiary/aromatic N) is 3. The molecule has 100 valence electrons. The lowest BCUT2D eigenvalue weighted by Crippen LogP contribution is -2.14. The van der Waals surface area contributed by atoms with Crippen molar-refractivity contribution in [2.75, 3.05) is 4.72 Å². The van der Waals surface area contributed by atoms with Crippen molar-refractivity contribution in [3.63, 3.8) is 0 Å². The number of anilines is 1. The Morgan fingerprint density at radius 3 is 2.74 bits per heavy atom. The van der Waals surface area contributed by atoms with Crippen molar-refractivity contribution in [1.29, 1.82) is 0 Å². The average Bonchev–Trinajstić information content (AvgIpc) is 2.81. The van der Waals surface area contributed by atoms with E-state index >= 15 is 0 Å². The molecule has 19 heavy (non-hydrogen) atoms. The molecule has 0 aliphatic carbocycles. The Morgan fingerprint density at radius 1 is 1.42 bits per heavy atom. The summed E-state index contributed by atoms with van der Waals surface area (Å²) < 4.78 is 26.0. The summed E-state index contributed by atoms with van der Waals surface area (Å²) >= 11 is 5.74. The van der Waals surface area contributed by atoms with Gasteiger partial charge >= 0.3 is 0 Å². The lowest BCUT2D eigenvalue weighted by atomic mass is 10.3. The van der Waals surface area contributed by atoms with Crippen molar-refractivity contribution in [2.24, 2.45) is 0 Å². The average molecular weight is 304 g/mol. The fourth-order valence-corrected chi connectivity index (χ4v) is 2.73. The first kappa shape index (κ1) is 13.2. The number of rotatable bonds is 4. The van der Waals surface area contributed by atoms with Crippen LogP contribution in [0.4, 0.5) is 11.6 Å². The maximum absolute atomic E-state index is 12.0. The minimum atomic E-state index is -4.09.